The van der Waals surface area contributed by atoms with Crippen LogP contribution in [0.25, 0.3) is 0 Å². The minimum Gasteiger partial charge on any atom is -0.462 e. The van der Waals surface area contributed by atoms with Gasteiger partial charge in [-0.1, -0.05) is 440 Å². The van der Waals surface area contributed by atoms with Crippen LogP contribution in [0, 0.1) is 11.8 Å². The summed E-state index contributed by atoms with van der Waals surface area (Å²) in [6.45, 7) is 9.72. The maximum absolute atomic E-state index is 13.2. The van der Waals surface area contributed by atoms with Gasteiger partial charge in [0.2, 0.25) is 0 Å². The third-order valence-corrected chi connectivity index (χ3v) is 23.7. The lowest BCUT2D eigenvalue weighted by atomic mass is 9.99. The van der Waals surface area contributed by atoms with Crippen LogP contribution in [0.1, 0.15) is 491 Å². The molecule has 0 fully saturated rings. The van der Waals surface area contributed by atoms with Crippen molar-refractivity contribution in [2.24, 2.45) is 11.8 Å². The average molecular weight is 1610 g/mol. The Balaban J connectivity index is 5.24. The van der Waals surface area contributed by atoms with Gasteiger partial charge in [0.05, 0.1) is 26.4 Å². The first kappa shape index (κ1) is 108. The van der Waals surface area contributed by atoms with Gasteiger partial charge < -0.3 is 33.8 Å². The second-order valence-corrected chi connectivity index (χ2v) is 36.3. The van der Waals surface area contributed by atoms with E-state index in [1.165, 1.54) is 308 Å². The number of aliphatic hydroxyl groups is 1. The highest BCUT2D eigenvalue weighted by molar-refractivity contribution is 7.47. The molecule has 110 heavy (non-hydrogen) atoms. The Kier molecular flexibility index (Phi) is 80.7. The number of hydrogen-bond donors (Lipinski definition) is 3. The van der Waals surface area contributed by atoms with Gasteiger partial charge in [-0.05, 0) is 37.5 Å². The molecule has 0 amide bonds. The van der Waals surface area contributed by atoms with E-state index >= 15 is 0 Å². The maximum atomic E-state index is 13.2. The van der Waals surface area contributed by atoms with Gasteiger partial charge in [0.25, 0.3) is 0 Å². The molecule has 17 nitrogen and oxygen atoms in total. The number of aliphatic hydroxyl groups excluding tert-OH is 1. The van der Waals surface area contributed by atoms with Crippen LogP contribution < -0.4 is 0 Å². The molecule has 0 aromatic heterocycles. The Morgan fingerprint density at radius 3 is 0.691 bits per heavy atom. The van der Waals surface area contributed by atoms with Crippen molar-refractivity contribution in [3.63, 3.8) is 0 Å². The van der Waals surface area contributed by atoms with Gasteiger partial charge in [-0.3, -0.25) is 37.3 Å². The molecule has 6 atom stereocenters. The third kappa shape index (κ3) is 82.6. The number of carbonyl (C=O) groups excluding carboxylic acids is 4. The Morgan fingerprint density at radius 2 is 0.464 bits per heavy atom. The molecule has 0 saturated heterocycles. The summed E-state index contributed by atoms with van der Waals surface area (Å²) >= 11 is 0. The number of unbranched alkanes of at least 4 members (excludes halogenated alkanes) is 59. The van der Waals surface area contributed by atoms with E-state index in [0.717, 1.165) is 102 Å². The molecule has 0 rings (SSSR count). The summed E-state index contributed by atoms with van der Waals surface area (Å²) in [5.74, 6) is -0.525. The van der Waals surface area contributed by atoms with Crippen LogP contribution in [0.4, 0.5) is 0 Å². The van der Waals surface area contributed by atoms with Crippen molar-refractivity contribution in [1.29, 1.82) is 0 Å². The number of rotatable bonds is 90. The summed E-state index contributed by atoms with van der Waals surface area (Å²) in [4.78, 5) is 73.4. The Labute approximate surface area is 677 Å². The Morgan fingerprint density at radius 1 is 0.264 bits per heavy atom. The molecule has 0 radical (unpaired) electrons. The lowest BCUT2D eigenvalue weighted by Crippen LogP contribution is -2.30. The van der Waals surface area contributed by atoms with Gasteiger partial charge in [-0.15, -0.1) is 0 Å². The van der Waals surface area contributed by atoms with Crippen molar-refractivity contribution < 1.29 is 80.2 Å². The number of carbonyl (C=O) groups is 4. The summed E-state index contributed by atoms with van der Waals surface area (Å²) in [5, 5.41) is 10.7. The molecule has 0 aromatic carbocycles. The molecule has 0 aliphatic carbocycles. The fourth-order valence-electron chi connectivity index (χ4n) is 14.3. The van der Waals surface area contributed by atoms with Crippen LogP contribution in [0.3, 0.4) is 0 Å². The molecule has 0 heterocycles. The van der Waals surface area contributed by atoms with Crippen molar-refractivity contribution in [1.82, 2.24) is 0 Å². The van der Waals surface area contributed by atoms with Crippen molar-refractivity contribution >= 4 is 39.5 Å². The van der Waals surface area contributed by atoms with Gasteiger partial charge in [0.1, 0.15) is 19.3 Å². The topological polar surface area (TPSA) is 237 Å². The number of ether oxygens (including phenoxy) is 4. The quantitative estimate of drug-likeness (QED) is 0.0222. The van der Waals surface area contributed by atoms with Crippen LogP contribution in [0.5, 0.6) is 0 Å². The van der Waals surface area contributed by atoms with Crippen molar-refractivity contribution in [2.75, 3.05) is 39.6 Å². The minimum absolute atomic E-state index is 0.108. The molecule has 0 aromatic rings. The predicted molar refractivity (Wildman–Crippen MR) is 455 cm³/mol. The molecular weight excluding hydrogens is 1430 g/mol. The molecule has 3 N–H and O–H groups in total. The summed E-state index contributed by atoms with van der Waals surface area (Å²) < 4.78 is 69.1. The molecule has 19 heteroatoms. The molecule has 0 saturated carbocycles. The number of esters is 4. The largest absolute Gasteiger partial charge is 0.472 e. The first-order valence-electron chi connectivity index (χ1n) is 47.0. The zero-order valence-electron chi connectivity index (χ0n) is 72.6. The lowest BCUT2D eigenvalue weighted by molar-refractivity contribution is -0.161. The van der Waals surface area contributed by atoms with E-state index < -0.39 is 97.5 Å². The van der Waals surface area contributed by atoms with E-state index in [1.54, 1.807) is 0 Å². The molecule has 0 spiro atoms. The van der Waals surface area contributed by atoms with E-state index in [0.29, 0.717) is 25.7 Å². The van der Waals surface area contributed by atoms with Crippen molar-refractivity contribution in [3.8, 4) is 0 Å². The molecule has 3 unspecified atom stereocenters. The zero-order valence-corrected chi connectivity index (χ0v) is 74.4. The number of phosphoric ester groups is 2. The standard InChI is InChI=1S/C91H178O17P2/c1-7-10-12-14-16-18-20-22-24-26-28-30-32-34-36-41-45-49-57-63-69-75-90(95)107-86(79-101-88(93)73-67-61-55-48-44-40-35-33-31-29-27-25-23-21-19-17-15-13-11-8-2)81-105-109(97,98)103-77-85(92)78-104-110(99,100)106-82-87(80-102-89(94)74-68-62-56-52-51-53-59-65-71-83(4)5)108-91(96)76-70-64-58-50-46-42-38-37-39-43-47-54-60-66-72-84(6)9-3/h83-87,92H,7-82H2,1-6H3,(H,97,98)(H,99,100)/t84?,85-,86-,87-/m1/s1. The highest BCUT2D eigenvalue weighted by Crippen LogP contribution is 2.45. The second-order valence-electron chi connectivity index (χ2n) is 33.4. The predicted octanol–water partition coefficient (Wildman–Crippen LogP) is 28.2. The Bertz CT molecular complexity index is 2100. The van der Waals surface area contributed by atoms with Crippen LogP contribution in [-0.2, 0) is 65.4 Å². The number of phosphoric acid groups is 2. The minimum atomic E-state index is -4.97. The summed E-state index contributed by atoms with van der Waals surface area (Å²) in [6, 6.07) is 0. The monoisotopic (exact) mass is 1610 g/mol. The SMILES string of the molecule is CCCCCCCCCCCCCCCCCCCCCCCC(=O)O[C@H](COC(=O)CCCCCCCCCCCCCCCCCCCCCC)COP(=O)(O)OC[C@@H](O)COP(=O)(O)OC[C@@H](COC(=O)CCCCCCCCCCC(C)C)OC(=O)CCCCCCCCCCCCCCCCC(C)CC. The van der Waals surface area contributed by atoms with Crippen LogP contribution in [-0.4, -0.2) is 96.7 Å². The van der Waals surface area contributed by atoms with E-state index in [2.05, 4.69) is 41.5 Å². The average Bonchev–Trinajstić information content (AvgIpc) is 0.899. The van der Waals surface area contributed by atoms with Gasteiger partial charge in [0, 0.05) is 25.7 Å². The van der Waals surface area contributed by atoms with Crippen LogP contribution in [0.15, 0.2) is 0 Å². The maximum Gasteiger partial charge on any atom is 0.472 e. The normalized spacial score (nSPS) is 14.0. The zero-order chi connectivity index (χ0) is 80.6. The van der Waals surface area contributed by atoms with Gasteiger partial charge in [-0.2, -0.15) is 0 Å². The Hall–Kier alpha value is -1.94. The summed E-state index contributed by atoms with van der Waals surface area (Å²) in [7, 11) is -9.94. The second kappa shape index (κ2) is 82.2. The summed E-state index contributed by atoms with van der Waals surface area (Å²) in [6.07, 6.45) is 76.5. The van der Waals surface area contributed by atoms with E-state index in [-0.39, 0.29) is 25.7 Å². The van der Waals surface area contributed by atoms with E-state index in [9.17, 15) is 43.2 Å². The summed E-state index contributed by atoms with van der Waals surface area (Å²) in [5.41, 5.74) is 0. The molecule has 654 valence electrons. The molecule has 0 aliphatic rings. The fourth-order valence-corrected chi connectivity index (χ4v) is 15.9. The van der Waals surface area contributed by atoms with Gasteiger partial charge >= 0.3 is 39.5 Å². The highest BCUT2D eigenvalue weighted by Gasteiger charge is 2.31. The van der Waals surface area contributed by atoms with Crippen LogP contribution >= 0.6 is 15.6 Å². The van der Waals surface area contributed by atoms with E-state index in [4.69, 9.17) is 37.0 Å². The first-order valence-corrected chi connectivity index (χ1v) is 50.0. The number of hydrogen-bond acceptors (Lipinski definition) is 15. The van der Waals surface area contributed by atoms with Gasteiger partial charge in [-0.25, -0.2) is 9.13 Å². The highest BCUT2D eigenvalue weighted by atomic mass is 31.2. The van der Waals surface area contributed by atoms with Gasteiger partial charge in [0.15, 0.2) is 12.2 Å². The molecule has 0 bridgehead atoms. The fraction of sp³-hybridized carbons (Fsp3) is 0.956. The lowest BCUT2D eigenvalue weighted by Gasteiger charge is -2.21. The first-order chi connectivity index (χ1) is 53.4. The third-order valence-electron chi connectivity index (χ3n) is 21.8. The van der Waals surface area contributed by atoms with Crippen LogP contribution in [0.2, 0.25) is 0 Å². The van der Waals surface area contributed by atoms with Crippen molar-refractivity contribution in [3.05, 3.63) is 0 Å². The van der Waals surface area contributed by atoms with E-state index in [1.807, 2.05) is 0 Å². The molecular formula is C91H178O17P2. The molecule has 0 aliphatic heterocycles. The smallest absolute Gasteiger partial charge is 0.462 e. The van der Waals surface area contributed by atoms with Crippen molar-refractivity contribution in [2.45, 2.75) is 509 Å².